The van der Waals surface area contributed by atoms with E-state index < -0.39 is 0 Å². The Morgan fingerprint density at radius 2 is 1.77 bits per heavy atom. The molecule has 2 heterocycles. The van der Waals surface area contributed by atoms with E-state index in [9.17, 15) is 0 Å². The summed E-state index contributed by atoms with van der Waals surface area (Å²) >= 11 is 3.01. The van der Waals surface area contributed by atoms with Gasteiger partial charge in [-0.25, -0.2) is 0 Å². The Labute approximate surface area is 182 Å². The average Bonchev–Trinajstić information content (AvgIpc) is 3.21. The predicted molar refractivity (Wildman–Crippen MR) is 122 cm³/mol. The molecule has 4 N–H and O–H groups in total. The van der Waals surface area contributed by atoms with E-state index in [-0.39, 0.29) is 5.95 Å². The third kappa shape index (κ3) is 5.43. The van der Waals surface area contributed by atoms with Gasteiger partial charge in [0.15, 0.2) is 4.34 Å². The topological polar surface area (TPSA) is 115 Å². The molecule has 0 atom stereocenters. The first-order valence-electron chi connectivity index (χ1n) is 9.23. The van der Waals surface area contributed by atoms with Crippen LogP contribution < -0.4 is 16.4 Å². The van der Waals surface area contributed by atoms with Gasteiger partial charge in [-0.15, -0.1) is 10.2 Å². The number of nitrogen functional groups attached to an aromatic ring is 1. The highest BCUT2D eigenvalue weighted by atomic mass is 32.2. The lowest BCUT2D eigenvalue weighted by atomic mass is 10.2. The molecule has 30 heavy (non-hydrogen) atoms. The maximum Gasteiger partial charge on any atom is 0.232 e. The number of nitrogens with one attached hydrogen (secondary N) is 2. The zero-order valence-corrected chi connectivity index (χ0v) is 17.9. The monoisotopic (exact) mass is 436 g/mol. The molecule has 4 rings (SSSR count). The average molecular weight is 437 g/mol. The van der Waals surface area contributed by atoms with Crippen LogP contribution in [-0.2, 0) is 12.3 Å². The molecule has 4 aromatic rings. The SMILES string of the molecule is Cc1ccccc1Nc1nc(N)nc(CSc2nnc(NCc3ccccc3)s2)n1. The molecule has 2 aromatic carbocycles. The predicted octanol–water partition coefficient (Wildman–Crippen LogP) is 4.26. The largest absolute Gasteiger partial charge is 0.368 e. The van der Waals surface area contributed by atoms with Crippen molar-refractivity contribution in [2.45, 2.75) is 23.6 Å². The van der Waals surface area contributed by atoms with Crippen LogP contribution in [0.15, 0.2) is 58.9 Å². The van der Waals surface area contributed by atoms with Gasteiger partial charge < -0.3 is 16.4 Å². The van der Waals surface area contributed by atoms with Crippen LogP contribution in [-0.4, -0.2) is 25.1 Å². The highest BCUT2D eigenvalue weighted by Gasteiger charge is 2.10. The second-order valence-electron chi connectivity index (χ2n) is 6.37. The zero-order chi connectivity index (χ0) is 20.8. The molecule has 0 radical (unpaired) electrons. The number of aryl methyl sites for hydroxylation is 1. The van der Waals surface area contributed by atoms with E-state index in [1.807, 2.05) is 49.4 Å². The fourth-order valence-corrected chi connectivity index (χ4v) is 4.23. The minimum absolute atomic E-state index is 0.180. The highest BCUT2D eigenvalue weighted by molar-refractivity contribution is 8.00. The number of nitrogens with zero attached hydrogens (tertiary/aromatic N) is 5. The van der Waals surface area contributed by atoms with Crippen LogP contribution >= 0.6 is 23.1 Å². The minimum atomic E-state index is 0.180. The molecule has 0 unspecified atom stereocenters. The van der Waals surface area contributed by atoms with E-state index in [4.69, 9.17) is 5.73 Å². The third-order valence-electron chi connectivity index (χ3n) is 4.11. The molecule has 0 aliphatic rings. The molecule has 0 amide bonds. The molecule has 0 fully saturated rings. The summed E-state index contributed by atoms with van der Waals surface area (Å²) in [5, 5.41) is 15.7. The van der Waals surface area contributed by atoms with Gasteiger partial charge in [-0.3, -0.25) is 0 Å². The van der Waals surface area contributed by atoms with E-state index in [0.29, 0.717) is 24.1 Å². The molecular formula is C20H20N8S2. The number of nitrogens with two attached hydrogens (primary N) is 1. The van der Waals surface area contributed by atoms with Crippen molar-refractivity contribution in [2.75, 3.05) is 16.4 Å². The fraction of sp³-hybridized carbons (Fsp3) is 0.150. The van der Waals surface area contributed by atoms with Crippen molar-refractivity contribution in [2.24, 2.45) is 0 Å². The van der Waals surface area contributed by atoms with E-state index in [1.165, 1.54) is 28.7 Å². The lowest BCUT2D eigenvalue weighted by Crippen LogP contribution is -2.07. The van der Waals surface area contributed by atoms with Gasteiger partial charge in [0.05, 0.1) is 5.75 Å². The molecule has 2 aromatic heterocycles. The number of rotatable bonds is 8. The first-order valence-corrected chi connectivity index (χ1v) is 11.0. The van der Waals surface area contributed by atoms with Crippen molar-refractivity contribution in [3.8, 4) is 0 Å². The number of benzene rings is 2. The quantitative estimate of drug-likeness (QED) is 0.348. The first kappa shape index (κ1) is 20.0. The van der Waals surface area contributed by atoms with Crippen LogP contribution in [0.1, 0.15) is 17.0 Å². The number of aromatic nitrogens is 5. The van der Waals surface area contributed by atoms with Crippen LogP contribution in [0.4, 0.5) is 22.7 Å². The number of para-hydroxylation sites is 1. The summed E-state index contributed by atoms with van der Waals surface area (Å²) in [6, 6.07) is 18.1. The van der Waals surface area contributed by atoms with Crippen LogP contribution in [0.2, 0.25) is 0 Å². The molecular weight excluding hydrogens is 416 g/mol. The van der Waals surface area contributed by atoms with Gasteiger partial charge >= 0.3 is 0 Å². The van der Waals surface area contributed by atoms with Crippen LogP contribution in [0.3, 0.4) is 0 Å². The molecule has 8 nitrogen and oxygen atoms in total. The lowest BCUT2D eigenvalue weighted by molar-refractivity contribution is 0.972. The van der Waals surface area contributed by atoms with Crippen molar-refractivity contribution in [3.63, 3.8) is 0 Å². The second kappa shape index (κ2) is 9.51. The first-order chi connectivity index (χ1) is 14.7. The lowest BCUT2D eigenvalue weighted by Gasteiger charge is -2.09. The Morgan fingerprint density at radius 1 is 0.967 bits per heavy atom. The molecule has 0 saturated carbocycles. The summed E-state index contributed by atoms with van der Waals surface area (Å²) in [5.74, 6) is 1.70. The van der Waals surface area contributed by atoms with E-state index >= 15 is 0 Å². The Bertz CT molecular complexity index is 1120. The van der Waals surface area contributed by atoms with Crippen molar-refractivity contribution in [1.29, 1.82) is 0 Å². The van der Waals surface area contributed by atoms with Gasteiger partial charge in [0.1, 0.15) is 5.82 Å². The Kier molecular flexibility index (Phi) is 6.35. The number of thioether (sulfide) groups is 1. The molecule has 0 aliphatic carbocycles. The van der Waals surface area contributed by atoms with Crippen molar-refractivity contribution < 1.29 is 0 Å². The number of anilines is 4. The molecule has 0 bridgehead atoms. The normalized spacial score (nSPS) is 10.7. The summed E-state index contributed by atoms with van der Waals surface area (Å²) in [4.78, 5) is 12.9. The van der Waals surface area contributed by atoms with Gasteiger partial charge in [-0.1, -0.05) is 71.6 Å². The Hall–Kier alpha value is -3.24. The molecule has 0 saturated heterocycles. The summed E-state index contributed by atoms with van der Waals surface area (Å²) in [5.41, 5.74) is 9.09. The second-order valence-corrected chi connectivity index (χ2v) is 8.57. The Morgan fingerprint density at radius 3 is 2.60 bits per heavy atom. The molecule has 10 heteroatoms. The molecule has 152 valence electrons. The van der Waals surface area contributed by atoms with Gasteiger partial charge in [-0.05, 0) is 24.1 Å². The highest BCUT2D eigenvalue weighted by Crippen LogP contribution is 2.28. The molecule has 0 aliphatic heterocycles. The van der Waals surface area contributed by atoms with Crippen molar-refractivity contribution in [3.05, 3.63) is 71.5 Å². The zero-order valence-electron chi connectivity index (χ0n) is 16.2. The maximum absolute atomic E-state index is 5.87. The fourth-order valence-electron chi connectivity index (χ4n) is 2.63. The minimum Gasteiger partial charge on any atom is -0.368 e. The van der Waals surface area contributed by atoms with Gasteiger partial charge in [0.2, 0.25) is 17.0 Å². The summed E-state index contributed by atoms with van der Waals surface area (Å²) < 4.78 is 0.831. The van der Waals surface area contributed by atoms with Crippen molar-refractivity contribution in [1.82, 2.24) is 25.1 Å². The third-order valence-corrected chi connectivity index (χ3v) is 6.12. The number of hydrogen-bond acceptors (Lipinski definition) is 10. The van der Waals surface area contributed by atoms with Crippen LogP contribution in [0, 0.1) is 6.92 Å². The van der Waals surface area contributed by atoms with E-state index in [1.54, 1.807) is 0 Å². The maximum atomic E-state index is 5.87. The smallest absolute Gasteiger partial charge is 0.232 e. The standard InChI is InChI=1S/C20H20N8S2/c1-13-7-5-6-10-15(13)23-18-25-16(24-17(21)26-18)12-29-20-28-27-19(30-20)22-11-14-8-3-2-4-9-14/h2-10H,11-12H2,1H3,(H,22,27)(H3,21,23,24,25,26). The van der Waals surface area contributed by atoms with Gasteiger partial charge in [-0.2, -0.15) is 15.0 Å². The Balaban J connectivity index is 1.36. The van der Waals surface area contributed by atoms with Gasteiger partial charge in [0, 0.05) is 12.2 Å². The van der Waals surface area contributed by atoms with Crippen LogP contribution in [0.25, 0.3) is 0 Å². The summed E-state index contributed by atoms with van der Waals surface area (Å²) in [6.07, 6.45) is 0. The van der Waals surface area contributed by atoms with Crippen molar-refractivity contribution >= 4 is 45.8 Å². The number of hydrogen-bond donors (Lipinski definition) is 3. The van der Waals surface area contributed by atoms with E-state index in [2.05, 4.69) is 47.9 Å². The molecule has 0 spiro atoms. The van der Waals surface area contributed by atoms with E-state index in [0.717, 1.165) is 20.7 Å². The summed E-state index contributed by atoms with van der Waals surface area (Å²) in [7, 11) is 0. The summed E-state index contributed by atoms with van der Waals surface area (Å²) in [6.45, 7) is 2.72. The van der Waals surface area contributed by atoms with Crippen LogP contribution in [0.5, 0.6) is 0 Å². The van der Waals surface area contributed by atoms with Gasteiger partial charge in [0.25, 0.3) is 0 Å².